The normalized spacial score (nSPS) is 13.2. The maximum atomic E-state index is 9.59. The van der Waals surface area contributed by atoms with Crippen molar-refractivity contribution in [2.45, 2.75) is 25.9 Å². The van der Waals surface area contributed by atoms with Crippen molar-refractivity contribution in [3.05, 3.63) is 16.1 Å². The van der Waals surface area contributed by atoms with Gasteiger partial charge in [-0.15, -0.1) is 11.3 Å². The van der Waals surface area contributed by atoms with Crippen LogP contribution in [0.5, 0.6) is 0 Å². The summed E-state index contributed by atoms with van der Waals surface area (Å²) in [5, 5.41) is 12.7. The fourth-order valence-corrected chi connectivity index (χ4v) is 2.23. The summed E-state index contributed by atoms with van der Waals surface area (Å²) >= 11 is 3.41. The summed E-state index contributed by atoms with van der Waals surface area (Å²) in [7, 11) is 0. The smallest absolute Gasteiger partial charge is 0.0897 e. The lowest BCUT2D eigenvalue weighted by atomic mass is 10.2. The third-order valence-corrected chi connectivity index (χ3v) is 3.23. The molecule has 13 heavy (non-hydrogen) atoms. The molecule has 0 saturated heterocycles. The Morgan fingerprint density at radius 1 is 1.69 bits per heavy atom. The van der Waals surface area contributed by atoms with Crippen molar-refractivity contribution in [3.63, 3.8) is 0 Å². The van der Waals surface area contributed by atoms with Gasteiger partial charge >= 0.3 is 0 Å². The zero-order valence-corrected chi connectivity index (χ0v) is 9.62. The lowest BCUT2D eigenvalue weighted by Crippen LogP contribution is -2.11. The molecule has 74 valence electrons. The fraction of sp³-hybridized carbons (Fsp3) is 0.667. The monoisotopic (exact) mass is 217 g/mol. The highest BCUT2D eigenvalue weighted by atomic mass is 32.2. The van der Waals surface area contributed by atoms with Crippen LogP contribution in [0, 0.1) is 6.92 Å². The highest BCUT2D eigenvalue weighted by molar-refractivity contribution is 7.98. The lowest BCUT2D eigenvalue weighted by molar-refractivity contribution is 0.171. The van der Waals surface area contributed by atoms with Crippen molar-refractivity contribution in [3.8, 4) is 0 Å². The van der Waals surface area contributed by atoms with E-state index in [2.05, 4.69) is 11.2 Å². The van der Waals surface area contributed by atoms with Crippen LogP contribution in [0.25, 0.3) is 0 Å². The number of hydrogen-bond acceptors (Lipinski definition) is 4. The van der Waals surface area contributed by atoms with Crippen molar-refractivity contribution in [2.24, 2.45) is 0 Å². The van der Waals surface area contributed by atoms with E-state index in [0.29, 0.717) is 6.42 Å². The number of hydrogen-bond donors (Lipinski definition) is 1. The topological polar surface area (TPSA) is 33.1 Å². The summed E-state index contributed by atoms with van der Waals surface area (Å²) in [4.78, 5) is 4.31. The molecule has 4 heteroatoms. The van der Waals surface area contributed by atoms with Gasteiger partial charge in [0, 0.05) is 11.8 Å². The molecule has 1 atom stereocenters. The minimum absolute atomic E-state index is 0.228. The van der Waals surface area contributed by atoms with E-state index in [-0.39, 0.29) is 6.10 Å². The second kappa shape index (κ2) is 5.62. The second-order valence-corrected chi connectivity index (χ2v) is 5.05. The Labute approximate surface area is 87.4 Å². The Morgan fingerprint density at radius 2 is 2.46 bits per heavy atom. The average molecular weight is 217 g/mol. The van der Waals surface area contributed by atoms with Gasteiger partial charge in [0.15, 0.2) is 0 Å². The molecule has 0 aromatic carbocycles. The van der Waals surface area contributed by atoms with Crippen molar-refractivity contribution < 1.29 is 5.11 Å². The molecular weight excluding hydrogens is 202 g/mol. The van der Waals surface area contributed by atoms with Gasteiger partial charge in [-0.2, -0.15) is 11.8 Å². The van der Waals surface area contributed by atoms with E-state index in [1.807, 2.05) is 12.3 Å². The molecule has 0 aliphatic carbocycles. The standard InChI is InChI=1S/C9H15NOS2/c1-7-10-8(6-13-7)5-9(11)3-4-12-2/h6,9,11H,3-5H2,1-2H3. The second-order valence-electron chi connectivity index (χ2n) is 3.00. The third kappa shape index (κ3) is 4.11. The summed E-state index contributed by atoms with van der Waals surface area (Å²) in [6.07, 6.45) is 3.39. The minimum Gasteiger partial charge on any atom is -0.393 e. The van der Waals surface area contributed by atoms with Crippen LogP contribution in [-0.4, -0.2) is 28.2 Å². The summed E-state index contributed by atoms with van der Waals surface area (Å²) in [6.45, 7) is 1.99. The first kappa shape index (κ1) is 11.0. The van der Waals surface area contributed by atoms with Gasteiger partial charge in [-0.05, 0) is 25.4 Å². The van der Waals surface area contributed by atoms with E-state index in [1.165, 1.54) is 0 Å². The maximum Gasteiger partial charge on any atom is 0.0897 e. The van der Waals surface area contributed by atoms with E-state index in [9.17, 15) is 5.11 Å². The molecule has 1 aromatic rings. The molecule has 0 spiro atoms. The number of aryl methyl sites for hydroxylation is 1. The van der Waals surface area contributed by atoms with Gasteiger partial charge in [0.1, 0.15) is 0 Å². The van der Waals surface area contributed by atoms with Gasteiger partial charge in [0.05, 0.1) is 16.8 Å². The van der Waals surface area contributed by atoms with Crippen LogP contribution in [0.2, 0.25) is 0 Å². The van der Waals surface area contributed by atoms with Crippen molar-refractivity contribution in [1.82, 2.24) is 4.98 Å². The number of aromatic nitrogens is 1. The van der Waals surface area contributed by atoms with Gasteiger partial charge in [-0.1, -0.05) is 0 Å². The Kier molecular flexibility index (Phi) is 4.77. The molecule has 0 bridgehead atoms. The first-order chi connectivity index (χ1) is 6.22. The van der Waals surface area contributed by atoms with Gasteiger partial charge in [0.25, 0.3) is 0 Å². The molecule has 0 radical (unpaired) electrons. The highest BCUT2D eigenvalue weighted by Crippen LogP contribution is 2.12. The van der Waals surface area contributed by atoms with E-state index in [0.717, 1.165) is 22.9 Å². The van der Waals surface area contributed by atoms with E-state index in [1.54, 1.807) is 23.1 Å². The van der Waals surface area contributed by atoms with Crippen molar-refractivity contribution in [2.75, 3.05) is 12.0 Å². The Hall–Kier alpha value is -0.0600. The molecule has 1 heterocycles. The van der Waals surface area contributed by atoms with Crippen molar-refractivity contribution in [1.29, 1.82) is 0 Å². The fourth-order valence-electron chi connectivity index (χ4n) is 1.10. The van der Waals surface area contributed by atoms with Crippen LogP contribution >= 0.6 is 23.1 Å². The summed E-state index contributed by atoms with van der Waals surface area (Å²) in [5.74, 6) is 1.02. The minimum atomic E-state index is -0.228. The lowest BCUT2D eigenvalue weighted by Gasteiger charge is -2.06. The van der Waals surface area contributed by atoms with Crippen LogP contribution in [-0.2, 0) is 6.42 Å². The SMILES string of the molecule is CSCCC(O)Cc1csc(C)n1. The van der Waals surface area contributed by atoms with Gasteiger partial charge in [-0.25, -0.2) is 4.98 Å². The molecule has 0 saturated carbocycles. The molecule has 1 aromatic heterocycles. The van der Waals surface area contributed by atoms with Gasteiger partial charge in [0.2, 0.25) is 0 Å². The molecule has 1 rings (SSSR count). The first-order valence-electron chi connectivity index (χ1n) is 4.30. The Bertz CT molecular complexity index is 250. The van der Waals surface area contributed by atoms with E-state index in [4.69, 9.17) is 0 Å². The molecule has 2 nitrogen and oxygen atoms in total. The number of nitrogens with zero attached hydrogens (tertiary/aromatic N) is 1. The first-order valence-corrected chi connectivity index (χ1v) is 6.57. The Morgan fingerprint density at radius 3 is 3.00 bits per heavy atom. The number of rotatable bonds is 5. The largest absolute Gasteiger partial charge is 0.393 e. The number of thiazole rings is 1. The quantitative estimate of drug-likeness (QED) is 0.820. The molecule has 0 aliphatic rings. The molecule has 0 amide bonds. The number of aliphatic hydroxyl groups is 1. The van der Waals surface area contributed by atoms with E-state index < -0.39 is 0 Å². The van der Waals surface area contributed by atoms with Crippen LogP contribution in [0.1, 0.15) is 17.1 Å². The van der Waals surface area contributed by atoms with Crippen LogP contribution in [0.15, 0.2) is 5.38 Å². The summed E-state index contributed by atoms with van der Waals surface area (Å²) in [5.41, 5.74) is 1.02. The predicted octanol–water partition coefficient (Wildman–Crippen LogP) is 2.11. The van der Waals surface area contributed by atoms with Crippen LogP contribution < -0.4 is 0 Å². The molecule has 1 N–H and O–H groups in total. The zero-order chi connectivity index (χ0) is 9.68. The maximum absolute atomic E-state index is 9.59. The number of thioether (sulfide) groups is 1. The number of aliphatic hydroxyl groups excluding tert-OH is 1. The zero-order valence-electron chi connectivity index (χ0n) is 7.99. The summed E-state index contributed by atoms with van der Waals surface area (Å²) < 4.78 is 0. The van der Waals surface area contributed by atoms with Crippen LogP contribution in [0.3, 0.4) is 0 Å². The Balaban J connectivity index is 2.31. The predicted molar refractivity (Wildman–Crippen MR) is 59.6 cm³/mol. The summed E-state index contributed by atoms with van der Waals surface area (Å²) in [6, 6.07) is 0. The van der Waals surface area contributed by atoms with E-state index >= 15 is 0 Å². The third-order valence-electron chi connectivity index (χ3n) is 1.77. The van der Waals surface area contributed by atoms with Crippen molar-refractivity contribution >= 4 is 23.1 Å². The van der Waals surface area contributed by atoms with Gasteiger partial charge in [-0.3, -0.25) is 0 Å². The van der Waals surface area contributed by atoms with Gasteiger partial charge < -0.3 is 5.11 Å². The molecular formula is C9H15NOS2. The average Bonchev–Trinajstić information content (AvgIpc) is 2.48. The molecule has 1 unspecified atom stereocenters. The molecule has 0 fully saturated rings. The van der Waals surface area contributed by atoms with Crippen LogP contribution in [0.4, 0.5) is 0 Å². The highest BCUT2D eigenvalue weighted by Gasteiger charge is 2.07. The molecule has 0 aliphatic heterocycles.